The number of phenolic OH excluding ortho intramolecular Hbond substituents is 2. The molecule has 0 unspecified atom stereocenters. The summed E-state index contributed by atoms with van der Waals surface area (Å²) < 4.78 is 1.46. The van der Waals surface area contributed by atoms with Gasteiger partial charge in [0.1, 0.15) is 11.5 Å². The molecule has 2 aromatic rings. The lowest BCUT2D eigenvalue weighted by Crippen LogP contribution is -1.91. The van der Waals surface area contributed by atoms with Crippen LogP contribution in [0, 0.1) is 6.92 Å². The van der Waals surface area contributed by atoms with Crippen molar-refractivity contribution in [2.45, 2.75) is 26.7 Å². The maximum Gasteiger partial charge on any atom is 0.138 e. The number of halogens is 2. The number of nitrogens with zero attached hydrogens (tertiary/aromatic N) is 1. The van der Waals surface area contributed by atoms with E-state index in [1.54, 1.807) is 24.4 Å². The smallest absolute Gasteiger partial charge is 0.138 e. The predicted octanol–water partition coefficient (Wildman–Crippen LogP) is 5.81. The van der Waals surface area contributed by atoms with E-state index in [0.717, 1.165) is 21.3 Å². The Labute approximate surface area is 147 Å². The topological polar surface area (TPSA) is 52.8 Å². The maximum atomic E-state index is 10.1. The molecule has 0 amide bonds. The Balaban J connectivity index is 2.49. The molecule has 2 N–H and O–H groups in total. The van der Waals surface area contributed by atoms with E-state index < -0.39 is 0 Å². The summed E-state index contributed by atoms with van der Waals surface area (Å²) in [6, 6.07) is 7.18. The van der Waals surface area contributed by atoms with Crippen LogP contribution in [0.25, 0.3) is 0 Å². The fourth-order valence-corrected chi connectivity index (χ4v) is 3.35. The van der Waals surface area contributed by atoms with Gasteiger partial charge < -0.3 is 10.2 Å². The van der Waals surface area contributed by atoms with E-state index in [9.17, 15) is 10.2 Å². The Kier molecular flexibility index (Phi) is 5.29. The van der Waals surface area contributed by atoms with Gasteiger partial charge in [-0.25, -0.2) is 0 Å². The third-order valence-electron chi connectivity index (χ3n) is 3.37. The Morgan fingerprint density at radius 1 is 1.09 bits per heavy atom. The van der Waals surface area contributed by atoms with Gasteiger partial charge in [0.2, 0.25) is 0 Å². The van der Waals surface area contributed by atoms with Gasteiger partial charge in [-0.15, -0.1) is 0 Å². The fraction of sp³-hybridized carbons (Fsp3) is 0.235. The normalized spacial score (nSPS) is 11.5. The molecule has 0 atom stereocenters. The predicted molar refractivity (Wildman–Crippen MR) is 97.7 cm³/mol. The third kappa shape index (κ3) is 3.70. The van der Waals surface area contributed by atoms with E-state index in [-0.39, 0.29) is 17.4 Å². The minimum Gasteiger partial charge on any atom is -0.508 e. The van der Waals surface area contributed by atoms with Crippen molar-refractivity contribution in [1.29, 1.82) is 0 Å². The molecule has 0 heterocycles. The summed E-state index contributed by atoms with van der Waals surface area (Å²) in [6.45, 7) is 5.94. The first-order valence-electron chi connectivity index (χ1n) is 6.85. The summed E-state index contributed by atoms with van der Waals surface area (Å²) in [5.74, 6) is 0.658. The molecule has 0 aliphatic carbocycles. The van der Waals surface area contributed by atoms with Crippen LogP contribution in [0.1, 0.15) is 36.5 Å². The molecule has 22 heavy (non-hydrogen) atoms. The summed E-state index contributed by atoms with van der Waals surface area (Å²) in [7, 11) is 0. The molecule has 0 saturated carbocycles. The van der Waals surface area contributed by atoms with Crippen LogP contribution in [0.4, 0.5) is 5.69 Å². The van der Waals surface area contributed by atoms with Gasteiger partial charge in [0, 0.05) is 16.3 Å². The molecule has 0 radical (unpaired) electrons. The molecule has 0 saturated heterocycles. The highest BCUT2D eigenvalue weighted by Gasteiger charge is 2.10. The van der Waals surface area contributed by atoms with Crippen LogP contribution in [0.3, 0.4) is 0 Å². The highest BCUT2D eigenvalue weighted by atomic mass is 79.9. The Morgan fingerprint density at radius 3 is 2.41 bits per heavy atom. The van der Waals surface area contributed by atoms with Crippen LogP contribution in [0.15, 0.2) is 38.2 Å². The highest BCUT2D eigenvalue weighted by Crippen LogP contribution is 2.34. The standard InChI is InChI=1S/C17H17Br2NO2/c1-9(2)13-7-16(21)10(3)4-15(13)20-8-11-5-12(18)6-14(19)17(11)22/h4-9,21-22H,1-3H3. The molecule has 3 nitrogen and oxygen atoms in total. The molecule has 0 bridgehead atoms. The van der Waals surface area contributed by atoms with E-state index in [2.05, 4.69) is 50.7 Å². The van der Waals surface area contributed by atoms with Gasteiger partial charge in [0.05, 0.1) is 10.2 Å². The van der Waals surface area contributed by atoms with Crippen molar-refractivity contribution in [1.82, 2.24) is 0 Å². The Morgan fingerprint density at radius 2 is 1.77 bits per heavy atom. The minimum atomic E-state index is 0.147. The van der Waals surface area contributed by atoms with Gasteiger partial charge >= 0.3 is 0 Å². The van der Waals surface area contributed by atoms with E-state index in [4.69, 9.17) is 0 Å². The second kappa shape index (κ2) is 6.84. The van der Waals surface area contributed by atoms with Crippen LogP contribution in [-0.4, -0.2) is 16.4 Å². The molecule has 0 aliphatic heterocycles. The zero-order valence-electron chi connectivity index (χ0n) is 12.6. The van der Waals surface area contributed by atoms with Crippen molar-refractivity contribution >= 4 is 43.8 Å². The van der Waals surface area contributed by atoms with Gasteiger partial charge in [0.15, 0.2) is 0 Å². The SMILES string of the molecule is Cc1cc(N=Cc2cc(Br)cc(Br)c2O)c(C(C)C)cc1O. The fourth-order valence-electron chi connectivity index (χ4n) is 2.10. The molecule has 0 aliphatic rings. The zero-order valence-corrected chi connectivity index (χ0v) is 15.7. The number of benzene rings is 2. The van der Waals surface area contributed by atoms with Crippen molar-refractivity contribution in [3.63, 3.8) is 0 Å². The first kappa shape index (κ1) is 17.0. The van der Waals surface area contributed by atoms with Gasteiger partial charge in [-0.05, 0) is 64.2 Å². The third-order valence-corrected chi connectivity index (χ3v) is 4.43. The largest absolute Gasteiger partial charge is 0.508 e. The van der Waals surface area contributed by atoms with E-state index in [0.29, 0.717) is 10.0 Å². The minimum absolute atomic E-state index is 0.147. The number of hydrogen-bond acceptors (Lipinski definition) is 3. The second-order valence-corrected chi connectivity index (χ2v) is 7.21. The van der Waals surface area contributed by atoms with Gasteiger partial charge in [-0.1, -0.05) is 29.8 Å². The van der Waals surface area contributed by atoms with Crippen molar-refractivity contribution in [3.8, 4) is 11.5 Å². The van der Waals surface area contributed by atoms with Crippen LogP contribution in [0.5, 0.6) is 11.5 Å². The van der Waals surface area contributed by atoms with E-state index in [1.807, 2.05) is 13.0 Å². The van der Waals surface area contributed by atoms with Gasteiger partial charge in [-0.3, -0.25) is 4.99 Å². The molecule has 0 spiro atoms. The number of aromatic hydroxyl groups is 2. The summed E-state index contributed by atoms with van der Waals surface area (Å²) in [5.41, 5.74) is 3.14. The molecule has 5 heteroatoms. The molecular weight excluding hydrogens is 410 g/mol. The highest BCUT2D eigenvalue weighted by molar-refractivity contribution is 9.11. The summed E-state index contributed by atoms with van der Waals surface area (Å²) in [5, 5.41) is 19.9. The van der Waals surface area contributed by atoms with Crippen molar-refractivity contribution in [2.24, 2.45) is 4.99 Å². The van der Waals surface area contributed by atoms with E-state index >= 15 is 0 Å². The molecule has 0 fully saturated rings. The quantitative estimate of drug-likeness (QED) is 0.608. The number of rotatable bonds is 3. The molecule has 0 aromatic heterocycles. The van der Waals surface area contributed by atoms with Crippen molar-refractivity contribution in [2.75, 3.05) is 0 Å². The Bertz CT molecular complexity index is 740. The van der Waals surface area contributed by atoms with Crippen LogP contribution in [-0.2, 0) is 0 Å². The first-order chi connectivity index (χ1) is 10.3. The molecule has 116 valence electrons. The van der Waals surface area contributed by atoms with Crippen LogP contribution >= 0.6 is 31.9 Å². The van der Waals surface area contributed by atoms with Crippen molar-refractivity contribution in [3.05, 3.63) is 49.9 Å². The summed E-state index contributed by atoms with van der Waals surface area (Å²) in [6.07, 6.45) is 1.63. The molecule has 2 aromatic carbocycles. The van der Waals surface area contributed by atoms with Crippen LogP contribution < -0.4 is 0 Å². The van der Waals surface area contributed by atoms with Crippen LogP contribution in [0.2, 0.25) is 0 Å². The average molecular weight is 427 g/mol. The van der Waals surface area contributed by atoms with Gasteiger partial charge in [0.25, 0.3) is 0 Å². The number of aryl methyl sites for hydroxylation is 1. The molecule has 2 rings (SSSR count). The number of hydrogen-bond donors (Lipinski definition) is 2. The van der Waals surface area contributed by atoms with E-state index in [1.165, 1.54) is 0 Å². The first-order valence-corrected chi connectivity index (χ1v) is 8.43. The number of phenols is 2. The summed E-state index contributed by atoms with van der Waals surface area (Å²) in [4.78, 5) is 4.50. The average Bonchev–Trinajstić information content (AvgIpc) is 2.44. The monoisotopic (exact) mass is 425 g/mol. The van der Waals surface area contributed by atoms with Crippen molar-refractivity contribution < 1.29 is 10.2 Å². The lowest BCUT2D eigenvalue weighted by molar-refractivity contribution is 0.469. The number of aliphatic imine (C=N–C) groups is 1. The zero-order chi connectivity index (χ0) is 16.4. The summed E-state index contributed by atoms with van der Waals surface area (Å²) >= 11 is 6.70. The maximum absolute atomic E-state index is 10.1. The lowest BCUT2D eigenvalue weighted by Gasteiger charge is -2.12. The Hall–Kier alpha value is -1.33. The second-order valence-electron chi connectivity index (χ2n) is 5.44. The molecular formula is C17H17Br2NO2. The van der Waals surface area contributed by atoms with Gasteiger partial charge in [-0.2, -0.15) is 0 Å². The lowest BCUT2D eigenvalue weighted by atomic mass is 9.99.